The second-order valence-corrected chi connectivity index (χ2v) is 5.16. The molecular weight excluding hydrogens is 186 g/mol. The third-order valence-corrected chi connectivity index (χ3v) is 3.79. The summed E-state index contributed by atoms with van der Waals surface area (Å²) in [6.45, 7) is 6.51. The maximum Gasteiger partial charge on any atom is 0.122 e. The molecule has 1 aliphatic rings. The molecule has 0 aliphatic heterocycles. The Bertz CT molecular complexity index is 398. The molecular formula is C13H19NO. The summed E-state index contributed by atoms with van der Waals surface area (Å²) in [5, 5.41) is 0. The standard InChI is InChI=1S/C13H19NO/c1-9-10(6-5-7-11(9)15-4)13(14)8-12(13,2)3/h5-7H,8,14H2,1-4H3. The number of nitrogens with two attached hydrogens (primary N) is 1. The Morgan fingerprint density at radius 1 is 1.33 bits per heavy atom. The minimum absolute atomic E-state index is 0.161. The van der Waals surface area contributed by atoms with Crippen molar-refractivity contribution in [1.29, 1.82) is 0 Å². The molecule has 15 heavy (non-hydrogen) atoms. The number of ether oxygens (including phenoxy) is 1. The molecule has 2 nitrogen and oxygen atoms in total. The minimum atomic E-state index is -0.161. The van der Waals surface area contributed by atoms with E-state index in [2.05, 4.69) is 26.8 Å². The Balaban J connectivity index is 2.47. The molecule has 0 aromatic heterocycles. The van der Waals surface area contributed by atoms with Crippen LogP contribution in [0.2, 0.25) is 0 Å². The molecule has 0 heterocycles. The van der Waals surface area contributed by atoms with E-state index in [0.717, 1.165) is 12.2 Å². The number of methoxy groups -OCH3 is 1. The Kier molecular flexibility index (Phi) is 2.09. The molecule has 2 N–H and O–H groups in total. The average Bonchev–Trinajstić information content (AvgIpc) is 2.67. The third kappa shape index (κ3) is 1.36. The van der Waals surface area contributed by atoms with E-state index in [-0.39, 0.29) is 11.0 Å². The zero-order chi connectivity index (χ0) is 11.3. The van der Waals surface area contributed by atoms with Gasteiger partial charge < -0.3 is 10.5 Å². The van der Waals surface area contributed by atoms with Gasteiger partial charge in [-0.3, -0.25) is 0 Å². The zero-order valence-electron chi connectivity index (χ0n) is 9.92. The van der Waals surface area contributed by atoms with E-state index in [9.17, 15) is 0 Å². The van der Waals surface area contributed by atoms with Gasteiger partial charge >= 0.3 is 0 Å². The SMILES string of the molecule is COc1cccc(C2(N)CC2(C)C)c1C. The highest BCUT2D eigenvalue weighted by atomic mass is 16.5. The van der Waals surface area contributed by atoms with E-state index < -0.39 is 0 Å². The lowest BCUT2D eigenvalue weighted by Gasteiger charge is -2.19. The first-order chi connectivity index (χ1) is 6.92. The highest BCUT2D eigenvalue weighted by Crippen LogP contribution is 2.61. The number of hydrogen-bond acceptors (Lipinski definition) is 2. The van der Waals surface area contributed by atoms with Crippen LogP contribution in [0.15, 0.2) is 18.2 Å². The molecule has 0 amide bonds. The van der Waals surface area contributed by atoms with Crippen molar-refractivity contribution in [1.82, 2.24) is 0 Å². The fraction of sp³-hybridized carbons (Fsp3) is 0.538. The number of benzene rings is 1. The highest BCUT2D eigenvalue weighted by Gasteiger charge is 2.59. The average molecular weight is 205 g/mol. The minimum Gasteiger partial charge on any atom is -0.496 e. The van der Waals surface area contributed by atoms with Gasteiger partial charge in [0.25, 0.3) is 0 Å². The van der Waals surface area contributed by atoms with Crippen molar-refractivity contribution in [2.24, 2.45) is 11.1 Å². The molecule has 0 radical (unpaired) electrons. The molecule has 1 aromatic rings. The fourth-order valence-electron chi connectivity index (χ4n) is 2.43. The van der Waals surface area contributed by atoms with E-state index in [4.69, 9.17) is 10.5 Å². The van der Waals surface area contributed by atoms with Crippen LogP contribution >= 0.6 is 0 Å². The predicted molar refractivity (Wildman–Crippen MR) is 62.0 cm³/mol. The van der Waals surface area contributed by atoms with E-state index in [1.165, 1.54) is 11.1 Å². The summed E-state index contributed by atoms with van der Waals surface area (Å²) in [5.41, 5.74) is 8.87. The topological polar surface area (TPSA) is 35.2 Å². The Labute approximate surface area is 91.4 Å². The van der Waals surface area contributed by atoms with Gasteiger partial charge in [-0.1, -0.05) is 26.0 Å². The smallest absolute Gasteiger partial charge is 0.122 e. The normalized spacial score (nSPS) is 27.5. The van der Waals surface area contributed by atoms with Crippen molar-refractivity contribution >= 4 is 0 Å². The molecule has 2 heteroatoms. The van der Waals surface area contributed by atoms with Crippen LogP contribution in [0.1, 0.15) is 31.4 Å². The molecule has 1 aromatic carbocycles. The summed E-state index contributed by atoms with van der Waals surface area (Å²) in [7, 11) is 1.70. The second-order valence-electron chi connectivity index (χ2n) is 5.16. The van der Waals surface area contributed by atoms with E-state index >= 15 is 0 Å². The molecule has 82 valence electrons. The van der Waals surface area contributed by atoms with Crippen LogP contribution in [0.4, 0.5) is 0 Å². The fourth-order valence-corrected chi connectivity index (χ4v) is 2.43. The monoisotopic (exact) mass is 205 g/mol. The van der Waals surface area contributed by atoms with Crippen molar-refractivity contribution in [3.8, 4) is 5.75 Å². The van der Waals surface area contributed by atoms with E-state index in [0.29, 0.717) is 0 Å². The lowest BCUT2D eigenvalue weighted by atomic mass is 9.93. The quantitative estimate of drug-likeness (QED) is 0.805. The van der Waals surface area contributed by atoms with Crippen molar-refractivity contribution in [3.05, 3.63) is 29.3 Å². The first-order valence-electron chi connectivity index (χ1n) is 5.35. The Morgan fingerprint density at radius 3 is 2.40 bits per heavy atom. The molecule has 0 spiro atoms. The highest BCUT2D eigenvalue weighted by molar-refractivity contribution is 5.47. The molecule has 1 aliphatic carbocycles. The first-order valence-corrected chi connectivity index (χ1v) is 5.35. The van der Waals surface area contributed by atoms with Gasteiger partial charge in [0.1, 0.15) is 5.75 Å². The van der Waals surface area contributed by atoms with Gasteiger partial charge in [0.15, 0.2) is 0 Å². The largest absolute Gasteiger partial charge is 0.496 e. The summed E-state index contributed by atoms with van der Waals surface area (Å²) >= 11 is 0. The molecule has 1 saturated carbocycles. The van der Waals surface area contributed by atoms with Crippen LogP contribution in [0.25, 0.3) is 0 Å². The molecule has 0 saturated heterocycles. The van der Waals surface area contributed by atoms with Gasteiger partial charge in [-0.15, -0.1) is 0 Å². The van der Waals surface area contributed by atoms with Crippen LogP contribution in [-0.4, -0.2) is 7.11 Å². The third-order valence-electron chi connectivity index (χ3n) is 3.79. The van der Waals surface area contributed by atoms with Crippen molar-refractivity contribution < 1.29 is 4.74 Å². The first kappa shape index (κ1) is 10.5. The second kappa shape index (κ2) is 2.99. The van der Waals surface area contributed by atoms with Gasteiger partial charge in [0, 0.05) is 5.54 Å². The summed E-state index contributed by atoms with van der Waals surface area (Å²) < 4.78 is 5.32. The molecule has 1 unspecified atom stereocenters. The zero-order valence-corrected chi connectivity index (χ0v) is 9.92. The van der Waals surface area contributed by atoms with Crippen molar-refractivity contribution in [2.75, 3.05) is 7.11 Å². The molecule has 0 bridgehead atoms. The lowest BCUT2D eigenvalue weighted by Crippen LogP contribution is -2.26. The summed E-state index contributed by atoms with van der Waals surface area (Å²) in [5.74, 6) is 0.931. The summed E-state index contributed by atoms with van der Waals surface area (Å²) in [6.07, 6.45) is 1.05. The molecule has 1 fully saturated rings. The number of hydrogen-bond donors (Lipinski definition) is 1. The molecule has 1 atom stereocenters. The van der Waals surface area contributed by atoms with Gasteiger partial charge in [0.2, 0.25) is 0 Å². The van der Waals surface area contributed by atoms with Crippen LogP contribution in [0.3, 0.4) is 0 Å². The summed E-state index contributed by atoms with van der Waals surface area (Å²) in [6, 6.07) is 6.12. The van der Waals surface area contributed by atoms with Crippen LogP contribution in [0, 0.1) is 12.3 Å². The predicted octanol–water partition coefficient (Wildman–Crippen LogP) is 2.59. The maximum absolute atomic E-state index is 6.41. The van der Waals surface area contributed by atoms with E-state index in [1.807, 2.05) is 12.1 Å². The van der Waals surface area contributed by atoms with Gasteiger partial charge in [-0.05, 0) is 36.0 Å². The van der Waals surface area contributed by atoms with Gasteiger partial charge in [0.05, 0.1) is 7.11 Å². The van der Waals surface area contributed by atoms with Crippen molar-refractivity contribution in [3.63, 3.8) is 0 Å². The van der Waals surface area contributed by atoms with Gasteiger partial charge in [-0.25, -0.2) is 0 Å². The van der Waals surface area contributed by atoms with E-state index in [1.54, 1.807) is 7.11 Å². The van der Waals surface area contributed by atoms with Gasteiger partial charge in [-0.2, -0.15) is 0 Å². The van der Waals surface area contributed by atoms with Crippen LogP contribution in [0.5, 0.6) is 5.75 Å². The van der Waals surface area contributed by atoms with Crippen LogP contribution < -0.4 is 10.5 Å². The lowest BCUT2D eigenvalue weighted by molar-refractivity contribution is 0.408. The maximum atomic E-state index is 6.41. The Morgan fingerprint density at radius 2 is 1.93 bits per heavy atom. The van der Waals surface area contributed by atoms with Crippen molar-refractivity contribution in [2.45, 2.75) is 32.7 Å². The Hall–Kier alpha value is -1.02. The molecule has 2 rings (SSSR count). The summed E-state index contributed by atoms with van der Waals surface area (Å²) in [4.78, 5) is 0. The number of rotatable bonds is 2. The van der Waals surface area contributed by atoms with Crippen LogP contribution in [-0.2, 0) is 5.54 Å².